The van der Waals surface area contributed by atoms with E-state index in [0.717, 1.165) is 7.11 Å². The lowest BCUT2D eigenvalue weighted by Crippen LogP contribution is -2.31. The molecule has 0 saturated heterocycles. The van der Waals surface area contributed by atoms with Gasteiger partial charge >= 0.3 is 17.9 Å². The Morgan fingerprint density at radius 1 is 1.13 bits per heavy atom. The van der Waals surface area contributed by atoms with Crippen molar-refractivity contribution in [3.05, 3.63) is 0 Å². The lowest BCUT2D eigenvalue weighted by atomic mass is 10.2. The second kappa shape index (κ2) is 7.22. The molecule has 0 spiro atoms. The van der Waals surface area contributed by atoms with Crippen LogP contribution in [0.2, 0.25) is 0 Å². The van der Waals surface area contributed by atoms with Crippen LogP contribution in [-0.2, 0) is 28.6 Å². The largest absolute Gasteiger partial charge is 0.469 e. The van der Waals surface area contributed by atoms with Crippen molar-refractivity contribution in [1.82, 2.24) is 0 Å². The fraction of sp³-hybridized carbons (Fsp3) is 0.625. The van der Waals surface area contributed by atoms with Gasteiger partial charge in [-0.25, -0.2) is 4.79 Å². The topological polar surface area (TPSA) is 78.9 Å². The molecular formula is C8H11BrO6. The van der Waals surface area contributed by atoms with E-state index in [1.165, 1.54) is 7.11 Å². The number of esters is 3. The van der Waals surface area contributed by atoms with Crippen LogP contribution in [0.4, 0.5) is 0 Å². The quantitative estimate of drug-likeness (QED) is 0.402. The van der Waals surface area contributed by atoms with Crippen molar-refractivity contribution in [2.24, 2.45) is 0 Å². The molecule has 15 heavy (non-hydrogen) atoms. The third kappa shape index (κ3) is 5.36. The Morgan fingerprint density at radius 3 is 2.13 bits per heavy atom. The molecule has 0 fully saturated rings. The smallest absolute Gasteiger partial charge is 0.347 e. The third-order valence-electron chi connectivity index (χ3n) is 1.43. The zero-order valence-corrected chi connectivity index (χ0v) is 9.91. The molecule has 0 radical (unpaired) electrons. The molecule has 6 nitrogen and oxygen atoms in total. The summed E-state index contributed by atoms with van der Waals surface area (Å²) in [5.41, 5.74) is 0. The third-order valence-corrected chi connectivity index (χ3v) is 1.88. The van der Waals surface area contributed by atoms with E-state index in [2.05, 4.69) is 30.1 Å². The van der Waals surface area contributed by atoms with Crippen LogP contribution in [0.25, 0.3) is 0 Å². The Labute approximate surface area is 95.0 Å². The van der Waals surface area contributed by atoms with E-state index in [9.17, 15) is 14.4 Å². The molecule has 0 heterocycles. The van der Waals surface area contributed by atoms with Crippen molar-refractivity contribution in [1.29, 1.82) is 0 Å². The minimum Gasteiger partial charge on any atom is -0.469 e. The molecule has 0 bridgehead atoms. The van der Waals surface area contributed by atoms with Gasteiger partial charge in [0.25, 0.3) is 0 Å². The van der Waals surface area contributed by atoms with Crippen molar-refractivity contribution in [3.63, 3.8) is 0 Å². The first kappa shape index (κ1) is 13.9. The minimum atomic E-state index is -1.26. The van der Waals surface area contributed by atoms with Gasteiger partial charge in [-0.1, -0.05) is 15.9 Å². The number of hydrogen-bond acceptors (Lipinski definition) is 6. The molecule has 0 aromatic rings. The lowest BCUT2D eigenvalue weighted by Gasteiger charge is -2.13. The Balaban J connectivity index is 4.37. The van der Waals surface area contributed by atoms with Gasteiger partial charge in [0.05, 0.1) is 20.6 Å². The Bertz CT molecular complexity index is 234. The van der Waals surface area contributed by atoms with Crippen LogP contribution in [0.5, 0.6) is 0 Å². The van der Waals surface area contributed by atoms with Crippen molar-refractivity contribution in [2.75, 3.05) is 19.5 Å². The van der Waals surface area contributed by atoms with Crippen molar-refractivity contribution in [2.45, 2.75) is 12.5 Å². The lowest BCUT2D eigenvalue weighted by molar-refractivity contribution is -0.168. The van der Waals surface area contributed by atoms with Crippen LogP contribution < -0.4 is 0 Å². The Hall–Kier alpha value is -1.11. The number of carbonyl (C=O) groups excluding carboxylic acids is 3. The first-order valence-corrected chi connectivity index (χ1v) is 5.07. The molecule has 0 aromatic carbocycles. The number of halogens is 1. The molecule has 0 saturated carbocycles. The number of hydrogen-bond donors (Lipinski definition) is 0. The van der Waals surface area contributed by atoms with Crippen LogP contribution >= 0.6 is 15.9 Å². The van der Waals surface area contributed by atoms with Crippen molar-refractivity contribution < 1.29 is 28.6 Å². The van der Waals surface area contributed by atoms with Crippen LogP contribution in [0, 0.1) is 0 Å². The summed E-state index contributed by atoms with van der Waals surface area (Å²) in [6.07, 6.45) is -1.62. The van der Waals surface area contributed by atoms with E-state index < -0.39 is 24.0 Å². The molecule has 0 rings (SSSR count). The number of alkyl halides is 1. The molecule has 0 aliphatic carbocycles. The van der Waals surface area contributed by atoms with Crippen molar-refractivity contribution in [3.8, 4) is 0 Å². The van der Waals surface area contributed by atoms with Gasteiger partial charge in [0.15, 0.2) is 0 Å². The molecule has 0 N–H and O–H groups in total. The van der Waals surface area contributed by atoms with Gasteiger partial charge in [-0.3, -0.25) is 9.59 Å². The van der Waals surface area contributed by atoms with E-state index >= 15 is 0 Å². The normalized spacial score (nSPS) is 11.4. The summed E-state index contributed by atoms with van der Waals surface area (Å²) in [6.45, 7) is 0. The highest BCUT2D eigenvalue weighted by Gasteiger charge is 2.26. The summed E-state index contributed by atoms with van der Waals surface area (Å²) in [5.74, 6) is -2.11. The average Bonchev–Trinajstić information content (AvgIpc) is 2.26. The SMILES string of the molecule is COC(=O)C[C@H](OC(=O)CBr)C(=O)OC. The van der Waals surface area contributed by atoms with Crippen LogP contribution in [-0.4, -0.2) is 43.6 Å². The second-order valence-electron chi connectivity index (χ2n) is 2.42. The molecule has 0 aliphatic heterocycles. The summed E-state index contributed by atoms with van der Waals surface area (Å²) < 4.78 is 13.4. The van der Waals surface area contributed by atoms with Gasteiger partial charge in [0.2, 0.25) is 6.10 Å². The maximum atomic E-state index is 11.1. The summed E-state index contributed by atoms with van der Waals surface area (Å²) >= 11 is 2.85. The first-order valence-electron chi connectivity index (χ1n) is 3.95. The maximum Gasteiger partial charge on any atom is 0.347 e. The fourth-order valence-corrected chi connectivity index (χ4v) is 0.862. The predicted octanol–water partition coefficient (Wildman–Crippen LogP) is 0.0292. The average molecular weight is 283 g/mol. The van der Waals surface area contributed by atoms with Gasteiger partial charge in [-0.05, 0) is 0 Å². The van der Waals surface area contributed by atoms with Crippen LogP contribution in [0.1, 0.15) is 6.42 Å². The number of carbonyl (C=O) groups is 3. The van der Waals surface area contributed by atoms with E-state index in [4.69, 9.17) is 0 Å². The molecule has 0 amide bonds. The van der Waals surface area contributed by atoms with E-state index in [1.807, 2.05) is 0 Å². The van der Waals surface area contributed by atoms with Gasteiger partial charge in [0, 0.05) is 0 Å². The molecule has 7 heteroatoms. The van der Waals surface area contributed by atoms with Crippen molar-refractivity contribution >= 4 is 33.8 Å². The monoisotopic (exact) mass is 282 g/mol. The first-order chi connectivity index (χ1) is 7.04. The summed E-state index contributed by atoms with van der Waals surface area (Å²) in [7, 11) is 2.30. The Kier molecular flexibility index (Phi) is 6.68. The van der Waals surface area contributed by atoms with Gasteiger partial charge in [-0.2, -0.15) is 0 Å². The van der Waals surface area contributed by atoms with Crippen LogP contribution in [0.15, 0.2) is 0 Å². The van der Waals surface area contributed by atoms with Gasteiger partial charge < -0.3 is 14.2 Å². The highest BCUT2D eigenvalue weighted by atomic mass is 79.9. The molecule has 0 aliphatic rings. The molecular weight excluding hydrogens is 272 g/mol. The highest BCUT2D eigenvalue weighted by molar-refractivity contribution is 9.09. The van der Waals surface area contributed by atoms with E-state index in [0.29, 0.717) is 0 Å². The molecule has 0 aromatic heterocycles. The zero-order valence-electron chi connectivity index (χ0n) is 8.32. The summed E-state index contributed by atoms with van der Waals surface area (Å²) in [6, 6.07) is 0. The van der Waals surface area contributed by atoms with E-state index in [1.54, 1.807) is 0 Å². The van der Waals surface area contributed by atoms with Gasteiger partial charge in [0.1, 0.15) is 5.33 Å². The summed E-state index contributed by atoms with van der Waals surface area (Å²) in [4.78, 5) is 32.9. The maximum absolute atomic E-state index is 11.1. The predicted molar refractivity (Wildman–Crippen MR) is 52.3 cm³/mol. The highest BCUT2D eigenvalue weighted by Crippen LogP contribution is 2.04. The number of rotatable bonds is 5. The standard InChI is InChI=1S/C8H11BrO6/c1-13-6(10)3-5(8(12)14-2)15-7(11)4-9/h5H,3-4H2,1-2H3/t5-/m0/s1. The van der Waals surface area contributed by atoms with Gasteiger partial charge in [-0.15, -0.1) is 0 Å². The molecule has 1 atom stereocenters. The Morgan fingerprint density at radius 2 is 1.73 bits per heavy atom. The van der Waals surface area contributed by atoms with E-state index in [-0.39, 0.29) is 11.8 Å². The number of ether oxygens (including phenoxy) is 3. The minimum absolute atomic E-state index is 0.0678. The van der Waals surface area contributed by atoms with Crippen LogP contribution in [0.3, 0.4) is 0 Å². The summed E-state index contributed by atoms with van der Waals surface area (Å²) in [5, 5.41) is -0.0678. The zero-order chi connectivity index (χ0) is 11.8. The molecule has 86 valence electrons. The second-order valence-corrected chi connectivity index (χ2v) is 2.98. The fourth-order valence-electron chi connectivity index (χ4n) is 0.729. The number of methoxy groups -OCH3 is 2. The molecule has 0 unspecified atom stereocenters.